The molecule has 1 aliphatic carbocycles. The first-order chi connectivity index (χ1) is 12.6. The quantitative estimate of drug-likeness (QED) is 0.677. The van der Waals surface area contributed by atoms with Crippen LogP contribution in [0, 0.1) is 17.3 Å². The highest BCUT2D eigenvalue weighted by molar-refractivity contribution is 7.92. The normalized spacial score (nSPS) is 20.7. The third-order valence-corrected chi connectivity index (χ3v) is 7.83. The second-order valence-corrected chi connectivity index (χ2v) is 11.0. The number of anilines is 1. The molecule has 1 saturated carbocycles. The van der Waals surface area contributed by atoms with Crippen LogP contribution >= 0.6 is 34.5 Å². The Bertz CT molecular complexity index is 984. The molecule has 0 aliphatic heterocycles. The van der Waals surface area contributed by atoms with Crippen LogP contribution in [0.15, 0.2) is 45.2 Å². The van der Waals surface area contributed by atoms with Gasteiger partial charge in [0.25, 0.3) is 0 Å². The van der Waals surface area contributed by atoms with Crippen molar-refractivity contribution in [1.29, 1.82) is 0 Å². The summed E-state index contributed by atoms with van der Waals surface area (Å²) in [6.45, 7) is 3.87. The molecule has 1 N–H and O–H groups in total. The largest absolute Gasteiger partial charge is 0.300 e. The number of benzene rings is 1. The number of amides is 1. The van der Waals surface area contributed by atoms with E-state index >= 15 is 0 Å². The van der Waals surface area contributed by atoms with Crippen molar-refractivity contribution in [2.45, 2.75) is 23.9 Å². The summed E-state index contributed by atoms with van der Waals surface area (Å²) in [5, 5.41) is 10.3. The molecule has 3 rings (SSSR count). The lowest BCUT2D eigenvalue weighted by Crippen LogP contribution is -2.16. The second-order valence-electron chi connectivity index (χ2n) is 6.89. The van der Waals surface area contributed by atoms with Crippen LogP contribution in [0.4, 0.5) is 5.13 Å². The Morgan fingerprint density at radius 3 is 2.56 bits per heavy atom. The Morgan fingerprint density at radius 2 is 1.93 bits per heavy atom. The van der Waals surface area contributed by atoms with Gasteiger partial charge in [-0.1, -0.05) is 78.7 Å². The van der Waals surface area contributed by atoms with Gasteiger partial charge in [0.2, 0.25) is 25.2 Å². The van der Waals surface area contributed by atoms with Crippen LogP contribution in [0.3, 0.4) is 0 Å². The zero-order chi connectivity index (χ0) is 19.8. The first kappa shape index (κ1) is 20.3. The van der Waals surface area contributed by atoms with Crippen LogP contribution in [-0.4, -0.2) is 24.5 Å². The minimum Gasteiger partial charge on any atom is -0.300 e. The zero-order valence-electron chi connectivity index (χ0n) is 14.5. The van der Waals surface area contributed by atoms with Gasteiger partial charge in [-0.3, -0.25) is 4.79 Å². The molecule has 1 aromatic heterocycles. The average molecular weight is 446 g/mol. The minimum atomic E-state index is -3.63. The number of rotatable bonds is 6. The van der Waals surface area contributed by atoms with E-state index < -0.39 is 9.84 Å². The Kier molecular flexibility index (Phi) is 5.63. The molecular weight excluding hydrogens is 429 g/mol. The van der Waals surface area contributed by atoms with Gasteiger partial charge in [-0.25, -0.2) is 8.42 Å². The van der Waals surface area contributed by atoms with Gasteiger partial charge in [0.05, 0.1) is 11.7 Å². The maximum atomic E-state index is 12.5. The van der Waals surface area contributed by atoms with Crippen molar-refractivity contribution < 1.29 is 13.2 Å². The second kappa shape index (κ2) is 7.50. The van der Waals surface area contributed by atoms with Gasteiger partial charge < -0.3 is 5.32 Å². The molecule has 1 aromatic carbocycles. The highest BCUT2D eigenvalue weighted by Gasteiger charge is 2.60. The van der Waals surface area contributed by atoms with Gasteiger partial charge in [0.15, 0.2) is 0 Å². The number of carbonyl (C=O) groups excluding carboxylic acids is 1. The van der Waals surface area contributed by atoms with E-state index in [9.17, 15) is 13.2 Å². The predicted octanol–water partition coefficient (Wildman–Crippen LogP) is 4.04. The van der Waals surface area contributed by atoms with Crippen molar-refractivity contribution in [3.63, 3.8) is 0 Å². The Hall–Kier alpha value is -1.48. The molecule has 2 atom stereocenters. The van der Waals surface area contributed by atoms with E-state index in [0.717, 1.165) is 11.3 Å². The summed E-state index contributed by atoms with van der Waals surface area (Å²) < 4.78 is 25.0. The van der Waals surface area contributed by atoms with Gasteiger partial charge in [-0.2, -0.15) is 0 Å². The topological polar surface area (TPSA) is 89.0 Å². The van der Waals surface area contributed by atoms with Gasteiger partial charge in [-0.15, -0.1) is 10.2 Å². The van der Waals surface area contributed by atoms with Gasteiger partial charge in [-0.05, 0) is 23.0 Å². The number of nitrogens with one attached hydrogen (secondary N) is 1. The van der Waals surface area contributed by atoms with E-state index in [2.05, 4.69) is 15.5 Å². The maximum Gasteiger partial charge on any atom is 0.234 e. The Morgan fingerprint density at radius 1 is 1.26 bits per heavy atom. The summed E-state index contributed by atoms with van der Waals surface area (Å²) in [7, 11) is -3.63. The molecular formula is C17H17Cl2N3O3S2. The lowest BCUT2D eigenvalue weighted by Gasteiger charge is -2.02. The van der Waals surface area contributed by atoms with Gasteiger partial charge in [0, 0.05) is 0 Å². The standard InChI is InChI=1S/C17H17Cl2N3O3S2/c1-17(2)11(8-12(18)19)13(17)14(23)20-15-21-22-16(26-15)27(24,25)9-10-6-4-3-5-7-10/h3-8,11,13H,9H2,1-2H3,(H,20,21,23)/t11-,13-/m1/s1. The van der Waals surface area contributed by atoms with Crippen molar-refractivity contribution in [3.8, 4) is 0 Å². The van der Waals surface area contributed by atoms with Crippen LogP contribution in [0.2, 0.25) is 0 Å². The number of sulfone groups is 1. The lowest BCUT2D eigenvalue weighted by atomic mass is 10.1. The van der Waals surface area contributed by atoms with Crippen LogP contribution in [0.25, 0.3) is 0 Å². The van der Waals surface area contributed by atoms with Crippen LogP contribution in [0.5, 0.6) is 0 Å². The number of hydrogen-bond donors (Lipinski definition) is 1. The summed E-state index contributed by atoms with van der Waals surface area (Å²) in [6, 6.07) is 8.81. The van der Waals surface area contributed by atoms with Crippen molar-refractivity contribution in [2.24, 2.45) is 17.3 Å². The number of aromatic nitrogens is 2. The molecule has 0 spiro atoms. The molecule has 0 saturated heterocycles. The lowest BCUT2D eigenvalue weighted by molar-refractivity contribution is -0.118. The summed E-state index contributed by atoms with van der Waals surface area (Å²) in [4.78, 5) is 12.5. The summed E-state index contributed by atoms with van der Waals surface area (Å²) in [5.74, 6) is -0.846. The van der Waals surface area contributed by atoms with E-state index in [0.29, 0.717) is 5.56 Å². The highest BCUT2D eigenvalue weighted by Crippen LogP contribution is 2.60. The smallest absolute Gasteiger partial charge is 0.234 e. The summed E-state index contributed by atoms with van der Waals surface area (Å²) in [5.41, 5.74) is 0.372. The fourth-order valence-electron chi connectivity index (χ4n) is 3.05. The van der Waals surface area contributed by atoms with Crippen molar-refractivity contribution in [3.05, 3.63) is 46.5 Å². The fraction of sp³-hybridized carbons (Fsp3) is 0.353. The van der Waals surface area contributed by atoms with E-state index in [1.807, 2.05) is 19.9 Å². The molecule has 27 heavy (non-hydrogen) atoms. The molecule has 2 aromatic rings. The zero-order valence-corrected chi connectivity index (χ0v) is 17.7. The number of allylic oxidation sites excluding steroid dienone is 1. The van der Waals surface area contributed by atoms with Crippen LogP contribution in [-0.2, 0) is 20.4 Å². The molecule has 1 fully saturated rings. The maximum absolute atomic E-state index is 12.5. The highest BCUT2D eigenvalue weighted by atomic mass is 35.5. The number of nitrogens with zero attached hydrogens (tertiary/aromatic N) is 2. The molecule has 6 nitrogen and oxygen atoms in total. The number of carbonyl (C=O) groups is 1. The van der Waals surface area contributed by atoms with Crippen molar-refractivity contribution in [2.75, 3.05) is 5.32 Å². The average Bonchev–Trinajstić information content (AvgIpc) is 2.92. The monoisotopic (exact) mass is 445 g/mol. The third kappa shape index (κ3) is 4.51. The van der Waals surface area contributed by atoms with E-state index in [1.165, 1.54) is 0 Å². The third-order valence-electron chi connectivity index (χ3n) is 4.60. The molecule has 1 heterocycles. The molecule has 144 valence electrons. The minimum absolute atomic E-state index is 0.0864. The Balaban J connectivity index is 1.69. The predicted molar refractivity (Wildman–Crippen MR) is 106 cm³/mol. The van der Waals surface area contributed by atoms with E-state index in [-0.39, 0.29) is 42.9 Å². The molecule has 1 amide bonds. The summed E-state index contributed by atoms with van der Waals surface area (Å²) >= 11 is 12.2. The molecule has 0 unspecified atom stereocenters. The first-order valence-electron chi connectivity index (χ1n) is 8.05. The molecule has 10 heteroatoms. The molecule has 1 aliphatic rings. The number of hydrogen-bond acceptors (Lipinski definition) is 6. The first-order valence-corrected chi connectivity index (χ1v) is 11.3. The number of halogens is 2. The van der Waals surface area contributed by atoms with Crippen molar-refractivity contribution in [1.82, 2.24) is 10.2 Å². The van der Waals surface area contributed by atoms with Crippen LogP contribution < -0.4 is 5.32 Å². The Labute approximate surface area is 171 Å². The van der Waals surface area contributed by atoms with Crippen molar-refractivity contribution >= 4 is 55.4 Å². The summed E-state index contributed by atoms with van der Waals surface area (Å²) in [6.07, 6.45) is 1.64. The fourth-order valence-corrected chi connectivity index (χ4v) is 5.64. The van der Waals surface area contributed by atoms with E-state index in [4.69, 9.17) is 23.2 Å². The van der Waals surface area contributed by atoms with E-state index in [1.54, 1.807) is 30.3 Å². The molecule has 0 bridgehead atoms. The SMILES string of the molecule is CC1(C)[C@H](C=C(Cl)Cl)[C@@H]1C(=O)Nc1nnc(S(=O)(=O)Cc2ccccc2)s1. The van der Waals surface area contributed by atoms with Gasteiger partial charge in [0.1, 0.15) is 4.49 Å². The molecule has 0 radical (unpaired) electrons. The van der Waals surface area contributed by atoms with Gasteiger partial charge >= 0.3 is 0 Å². The van der Waals surface area contributed by atoms with Crippen LogP contribution in [0.1, 0.15) is 19.4 Å².